The van der Waals surface area contributed by atoms with Gasteiger partial charge in [0, 0.05) is 12.1 Å². The maximum Gasteiger partial charge on any atom is 0.321 e. The van der Waals surface area contributed by atoms with E-state index in [9.17, 15) is 9.90 Å². The Morgan fingerprint density at radius 2 is 2.20 bits per heavy atom. The number of carboxylic acids is 1. The Morgan fingerprint density at radius 1 is 1.40 bits per heavy atom. The van der Waals surface area contributed by atoms with Crippen LogP contribution in [0.25, 0.3) is 0 Å². The van der Waals surface area contributed by atoms with E-state index >= 15 is 0 Å². The van der Waals surface area contributed by atoms with Gasteiger partial charge in [0.2, 0.25) is 0 Å². The van der Waals surface area contributed by atoms with Crippen molar-refractivity contribution >= 4 is 5.97 Å². The second-order valence-electron chi connectivity index (χ2n) is 5.32. The number of nitrogens with zero attached hydrogens (tertiary/aromatic N) is 1. The molecule has 1 aliphatic heterocycles. The van der Waals surface area contributed by atoms with Crippen molar-refractivity contribution < 1.29 is 9.90 Å². The molecule has 3 rings (SSSR count). The number of hydrogen-bond donors (Lipinski definition) is 3. The normalized spacial score (nSPS) is 21.5. The van der Waals surface area contributed by atoms with Crippen LogP contribution in [-0.4, -0.2) is 27.1 Å². The van der Waals surface area contributed by atoms with E-state index in [2.05, 4.69) is 33.5 Å². The van der Waals surface area contributed by atoms with Crippen molar-refractivity contribution in [3.63, 3.8) is 0 Å². The Kier molecular flexibility index (Phi) is 3.06. The van der Waals surface area contributed by atoms with Crippen LogP contribution in [0.3, 0.4) is 0 Å². The monoisotopic (exact) mass is 271 g/mol. The first kappa shape index (κ1) is 12.9. The number of hydrogen-bond acceptors (Lipinski definition) is 3. The van der Waals surface area contributed by atoms with Crippen molar-refractivity contribution in [2.45, 2.75) is 32.4 Å². The number of aliphatic carboxylic acids is 1. The van der Waals surface area contributed by atoms with Crippen LogP contribution in [0.15, 0.2) is 24.5 Å². The summed E-state index contributed by atoms with van der Waals surface area (Å²) in [6.45, 7) is 4.07. The van der Waals surface area contributed by atoms with Crippen LogP contribution in [0.1, 0.15) is 34.1 Å². The zero-order valence-corrected chi connectivity index (χ0v) is 11.5. The lowest BCUT2D eigenvalue weighted by molar-refractivity contribution is -0.139. The van der Waals surface area contributed by atoms with Gasteiger partial charge < -0.3 is 10.1 Å². The van der Waals surface area contributed by atoms with Crippen LogP contribution in [0.5, 0.6) is 0 Å². The lowest BCUT2D eigenvalue weighted by Crippen LogP contribution is -2.45. The number of H-pyrrole nitrogens is 1. The molecule has 0 saturated carbocycles. The van der Waals surface area contributed by atoms with Crippen molar-refractivity contribution in [1.82, 2.24) is 15.3 Å². The highest BCUT2D eigenvalue weighted by Gasteiger charge is 2.33. The quantitative estimate of drug-likeness (QED) is 0.777. The largest absolute Gasteiger partial charge is 0.480 e. The fourth-order valence-electron chi connectivity index (χ4n) is 2.75. The Hall–Kier alpha value is -2.14. The van der Waals surface area contributed by atoms with Crippen LogP contribution in [0.4, 0.5) is 0 Å². The number of rotatable bonds is 2. The maximum absolute atomic E-state index is 11.3. The first-order valence-corrected chi connectivity index (χ1v) is 6.64. The number of fused-ring (bicyclic) bond motifs is 1. The van der Waals surface area contributed by atoms with Gasteiger partial charge in [-0.2, -0.15) is 0 Å². The summed E-state index contributed by atoms with van der Waals surface area (Å²) in [5.74, 6) is -0.833. The number of aryl methyl sites for hydroxylation is 2. The summed E-state index contributed by atoms with van der Waals surface area (Å²) in [7, 11) is 0. The van der Waals surface area contributed by atoms with E-state index in [4.69, 9.17) is 0 Å². The molecular formula is C15H17N3O2. The van der Waals surface area contributed by atoms with Crippen LogP contribution >= 0.6 is 0 Å². The summed E-state index contributed by atoms with van der Waals surface area (Å²) >= 11 is 0. The number of carbonyl (C=O) groups is 1. The number of imidazole rings is 1. The Morgan fingerprint density at radius 3 is 2.95 bits per heavy atom. The number of aromatic nitrogens is 2. The molecule has 1 aromatic heterocycles. The predicted octanol–water partition coefficient (Wildman–Crippen LogP) is 1.71. The zero-order valence-electron chi connectivity index (χ0n) is 11.5. The van der Waals surface area contributed by atoms with Crippen molar-refractivity contribution in [3.05, 3.63) is 52.6 Å². The summed E-state index contributed by atoms with van der Waals surface area (Å²) in [5.41, 5.74) is 5.18. The van der Waals surface area contributed by atoms with E-state index in [1.165, 1.54) is 0 Å². The van der Waals surface area contributed by atoms with Gasteiger partial charge in [-0.3, -0.25) is 10.1 Å². The third-order valence-electron chi connectivity index (χ3n) is 3.84. The van der Waals surface area contributed by atoms with Gasteiger partial charge in [-0.1, -0.05) is 23.8 Å². The van der Waals surface area contributed by atoms with E-state index in [-0.39, 0.29) is 6.04 Å². The summed E-state index contributed by atoms with van der Waals surface area (Å²) in [6.07, 6.45) is 2.07. The average Bonchev–Trinajstić information content (AvgIpc) is 2.88. The summed E-state index contributed by atoms with van der Waals surface area (Å²) in [5, 5.41) is 12.5. The van der Waals surface area contributed by atoms with E-state index in [1.54, 1.807) is 6.33 Å². The molecule has 20 heavy (non-hydrogen) atoms. The standard InChI is InChI=1S/C15H17N3O2/c1-8-3-4-9(2)10(5-8)13-14-11(16-7-17-14)6-12(18-13)15(19)20/h3-5,7,12-13,18H,6H2,1-2H3,(H,16,17)(H,19,20)/t12-,13-/m1/s1. The molecule has 1 aliphatic rings. The van der Waals surface area contributed by atoms with Gasteiger partial charge in [0.1, 0.15) is 6.04 Å². The molecule has 1 aromatic carbocycles. The molecule has 2 atom stereocenters. The van der Waals surface area contributed by atoms with Crippen LogP contribution in [0.2, 0.25) is 0 Å². The minimum Gasteiger partial charge on any atom is -0.480 e. The van der Waals surface area contributed by atoms with Gasteiger partial charge in [-0.15, -0.1) is 0 Å². The van der Waals surface area contributed by atoms with Gasteiger partial charge in [-0.25, -0.2) is 4.98 Å². The van der Waals surface area contributed by atoms with Crippen molar-refractivity contribution in [2.75, 3.05) is 0 Å². The molecule has 0 spiro atoms. The van der Waals surface area contributed by atoms with Crippen LogP contribution in [0, 0.1) is 13.8 Å². The topological polar surface area (TPSA) is 78.0 Å². The number of carboxylic acid groups (broad SMARTS) is 1. The second kappa shape index (κ2) is 4.76. The summed E-state index contributed by atoms with van der Waals surface area (Å²) in [4.78, 5) is 18.7. The molecule has 0 bridgehead atoms. The van der Waals surface area contributed by atoms with Crippen LogP contribution < -0.4 is 5.32 Å². The highest BCUT2D eigenvalue weighted by molar-refractivity contribution is 5.74. The summed E-state index contributed by atoms with van der Waals surface area (Å²) in [6, 6.07) is 5.44. The lowest BCUT2D eigenvalue weighted by atomic mass is 9.90. The zero-order chi connectivity index (χ0) is 14.3. The maximum atomic E-state index is 11.3. The van der Waals surface area contributed by atoms with Crippen LogP contribution in [-0.2, 0) is 11.2 Å². The van der Waals surface area contributed by atoms with Crippen molar-refractivity contribution in [3.8, 4) is 0 Å². The average molecular weight is 271 g/mol. The third-order valence-corrected chi connectivity index (χ3v) is 3.84. The number of nitrogens with one attached hydrogen (secondary N) is 2. The lowest BCUT2D eigenvalue weighted by Gasteiger charge is -2.29. The van der Waals surface area contributed by atoms with Gasteiger partial charge in [-0.05, 0) is 25.0 Å². The SMILES string of the molecule is Cc1ccc(C)c([C@H]2N[C@@H](C(=O)O)Cc3[nH]cnc32)c1. The molecule has 0 amide bonds. The Bertz CT molecular complexity index is 663. The smallest absolute Gasteiger partial charge is 0.321 e. The Labute approximate surface area is 117 Å². The molecule has 104 valence electrons. The minimum absolute atomic E-state index is 0.175. The second-order valence-corrected chi connectivity index (χ2v) is 5.32. The number of benzene rings is 1. The highest BCUT2D eigenvalue weighted by atomic mass is 16.4. The van der Waals surface area contributed by atoms with E-state index in [1.807, 2.05) is 13.8 Å². The summed E-state index contributed by atoms with van der Waals surface area (Å²) < 4.78 is 0. The Balaban J connectivity index is 2.08. The first-order chi connectivity index (χ1) is 9.56. The van der Waals surface area contributed by atoms with Gasteiger partial charge >= 0.3 is 5.97 Å². The fourth-order valence-corrected chi connectivity index (χ4v) is 2.75. The molecule has 0 fully saturated rings. The van der Waals surface area contributed by atoms with Gasteiger partial charge in [0.15, 0.2) is 0 Å². The van der Waals surface area contributed by atoms with E-state index in [0.29, 0.717) is 6.42 Å². The van der Waals surface area contributed by atoms with Gasteiger partial charge in [0.25, 0.3) is 0 Å². The molecule has 0 saturated heterocycles. The van der Waals surface area contributed by atoms with E-state index in [0.717, 1.165) is 28.1 Å². The first-order valence-electron chi connectivity index (χ1n) is 6.64. The van der Waals surface area contributed by atoms with Crippen molar-refractivity contribution in [2.24, 2.45) is 0 Å². The molecule has 5 heteroatoms. The fraction of sp³-hybridized carbons (Fsp3) is 0.333. The predicted molar refractivity (Wildman–Crippen MR) is 74.6 cm³/mol. The molecule has 3 N–H and O–H groups in total. The molecule has 5 nitrogen and oxygen atoms in total. The van der Waals surface area contributed by atoms with Gasteiger partial charge in [0.05, 0.1) is 18.1 Å². The molecule has 0 unspecified atom stereocenters. The van der Waals surface area contributed by atoms with E-state index < -0.39 is 12.0 Å². The highest BCUT2D eigenvalue weighted by Crippen LogP contribution is 2.30. The minimum atomic E-state index is -0.833. The molecule has 2 heterocycles. The van der Waals surface area contributed by atoms with Crippen molar-refractivity contribution in [1.29, 1.82) is 0 Å². The molecule has 0 aliphatic carbocycles. The molecular weight excluding hydrogens is 254 g/mol. The third kappa shape index (κ3) is 2.10. The number of aromatic amines is 1. The molecule has 2 aromatic rings. The molecule has 0 radical (unpaired) electrons.